The van der Waals surface area contributed by atoms with Gasteiger partial charge in [-0.25, -0.2) is 14.6 Å². The fourth-order valence-corrected chi connectivity index (χ4v) is 3.39. The SMILES string of the molecule is NC(=O)c1[nH]c(Cc2ccc(C(=O)O)s2)nc1NC(=O)Nc1ccc(C(F)(F)F)cc1. The summed E-state index contributed by atoms with van der Waals surface area (Å²) in [6.45, 7) is 0. The lowest BCUT2D eigenvalue weighted by atomic mass is 10.2. The number of aromatic carboxylic acids is 1. The molecular weight excluding hydrogens is 439 g/mol. The Bertz CT molecular complexity index is 1140. The summed E-state index contributed by atoms with van der Waals surface area (Å²) in [5.74, 6) is -1.91. The number of thiophene rings is 1. The maximum atomic E-state index is 12.6. The van der Waals surface area contributed by atoms with E-state index in [1.807, 2.05) is 0 Å². The van der Waals surface area contributed by atoms with Gasteiger partial charge in [-0.1, -0.05) is 0 Å². The molecule has 2 heterocycles. The third-order valence-electron chi connectivity index (χ3n) is 3.92. The normalized spacial score (nSPS) is 11.2. The van der Waals surface area contributed by atoms with E-state index in [1.165, 1.54) is 6.07 Å². The maximum Gasteiger partial charge on any atom is 0.416 e. The molecule has 162 valence electrons. The van der Waals surface area contributed by atoms with Gasteiger partial charge in [0.2, 0.25) is 0 Å². The fraction of sp³-hybridized carbons (Fsp3) is 0.111. The number of nitrogens with two attached hydrogens (primary N) is 1. The van der Waals surface area contributed by atoms with Gasteiger partial charge in [0, 0.05) is 17.0 Å². The number of urea groups is 1. The number of carboxylic acids is 1. The molecule has 3 rings (SSSR count). The van der Waals surface area contributed by atoms with Crippen LogP contribution in [0, 0.1) is 0 Å². The summed E-state index contributed by atoms with van der Waals surface area (Å²) in [5.41, 5.74) is 4.32. The van der Waals surface area contributed by atoms with E-state index in [1.54, 1.807) is 6.07 Å². The number of benzene rings is 1. The van der Waals surface area contributed by atoms with Gasteiger partial charge >= 0.3 is 18.2 Å². The van der Waals surface area contributed by atoms with Gasteiger partial charge in [-0.3, -0.25) is 10.1 Å². The molecule has 0 saturated carbocycles. The van der Waals surface area contributed by atoms with E-state index in [4.69, 9.17) is 10.8 Å². The first kappa shape index (κ1) is 21.8. The predicted molar refractivity (Wildman–Crippen MR) is 105 cm³/mol. The monoisotopic (exact) mass is 453 g/mol. The number of rotatable bonds is 6. The Morgan fingerprint density at radius 1 is 1.10 bits per heavy atom. The molecule has 6 N–H and O–H groups in total. The number of hydrogen-bond acceptors (Lipinski definition) is 5. The highest BCUT2D eigenvalue weighted by atomic mass is 32.1. The number of alkyl halides is 3. The summed E-state index contributed by atoms with van der Waals surface area (Å²) >= 11 is 1.02. The molecular formula is C18H14F3N5O4S. The van der Waals surface area contributed by atoms with Gasteiger partial charge in [-0.2, -0.15) is 13.2 Å². The smallest absolute Gasteiger partial charge is 0.416 e. The first-order chi connectivity index (χ1) is 14.5. The molecule has 9 nitrogen and oxygen atoms in total. The molecule has 0 radical (unpaired) electrons. The second kappa shape index (κ2) is 8.47. The predicted octanol–water partition coefficient (Wildman–Crippen LogP) is 3.52. The van der Waals surface area contributed by atoms with E-state index in [9.17, 15) is 27.6 Å². The minimum absolute atomic E-state index is 0.0849. The molecule has 0 aliphatic carbocycles. The number of H-pyrrole nitrogens is 1. The van der Waals surface area contributed by atoms with Crippen LogP contribution in [0.25, 0.3) is 0 Å². The first-order valence-corrected chi connectivity index (χ1v) is 9.30. The molecule has 1 aromatic carbocycles. The van der Waals surface area contributed by atoms with E-state index in [-0.39, 0.29) is 34.3 Å². The van der Waals surface area contributed by atoms with E-state index < -0.39 is 29.6 Å². The number of anilines is 2. The van der Waals surface area contributed by atoms with Crippen LogP contribution in [0.3, 0.4) is 0 Å². The van der Waals surface area contributed by atoms with Crippen LogP contribution >= 0.6 is 11.3 Å². The van der Waals surface area contributed by atoms with Gasteiger partial charge in [0.05, 0.1) is 5.56 Å². The number of nitrogens with zero attached hydrogens (tertiary/aromatic N) is 1. The molecule has 0 saturated heterocycles. The average Bonchev–Trinajstić information content (AvgIpc) is 3.29. The Kier molecular flexibility index (Phi) is 5.97. The van der Waals surface area contributed by atoms with Crippen molar-refractivity contribution in [3.63, 3.8) is 0 Å². The van der Waals surface area contributed by atoms with Crippen molar-refractivity contribution in [1.82, 2.24) is 9.97 Å². The van der Waals surface area contributed by atoms with Crippen molar-refractivity contribution < 1.29 is 32.7 Å². The number of carbonyl (C=O) groups excluding carboxylic acids is 2. The lowest BCUT2D eigenvalue weighted by Crippen LogP contribution is -2.22. The van der Waals surface area contributed by atoms with Gasteiger partial charge < -0.3 is 21.1 Å². The molecule has 0 atom stereocenters. The molecule has 31 heavy (non-hydrogen) atoms. The van der Waals surface area contributed by atoms with E-state index >= 15 is 0 Å². The number of halogens is 3. The molecule has 0 aliphatic heterocycles. The van der Waals surface area contributed by atoms with E-state index in [0.29, 0.717) is 4.88 Å². The van der Waals surface area contributed by atoms with E-state index in [0.717, 1.165) is 35.6 Å². The molecule has 3 amide bonds. The van der Waals surface area contributed by atoms with Crippen LogP contribution in [0.5, 0.6) is 0 Å². The molecule has 0 fully saturated rings. The number of carboxylic acid groups (broad SMARTS) is 1. The maximum absolute atomic E-state index is 12.6. The van der Waals surface area contributed by atoms with E-state index in [2.05, 4.69) is 20.6 Å². The second-order valence-electron chi connectivity index (χ2n) is 6.17. The number of aromatic nitrogens is 2. The number of primary amides is 1. The number of imidazole rings is 1. The van der Waals surface area contributed by atoms with Crippen molar-refractivity contribution in [3.8, 4) is 0 Å². The van der Waals surface area contributed by atoms with Crippen LogP contribution in [0.2, 0.25) is 0 Å². The van der Waals surface area contributed by atoms with Crippen LogP contribution in [-0.2, 0) is 12.6 Å². The summed E-state index contributed by atoms with van der Waals surface area (Å²) < 4.78 is 37.8. The third-order valence-corrected chi connectivity index (χ3v) is 4.99. The minimum Gasteiger partial charge on any atom is -0.477 e. The van der Waals surface area contributed by atoms with Crippen molar-refractivity contribution in [1.29, 1.82) is 0 Å². The van der Waals surface area contributed by atoms with Crippen LogP contribution in [0.15, 0.2) is 36.4 Å². The van der Waals surface area contributed by atoms with Gasteiger partial charge in [0.1, 0.15) is 16.4 Å². The molecule has 3 aromatic rings. The van der Waals surface area contributed by atoms with Crippen molar-refractivity contribution in [2.75, 3.05) is 10.6 Å². The first-order valence-electron chi connectivity index (χ1n) is 8.49. The summed E-state index contributed by atoms with van der Waals surface area (Å²) in [6, 6.07) is 5.92. The standard InChI is InChI=1S/C18H14F3N5O4S/c19-18(20,21)8-1-3-9(4-2-8)23-17(30)26-15-13(14(22)27)24-12(25-15)7-10-5-6-11(31-10)16(28)29/h1-6H,7H2,(H2,22,27)(H,24,25)(H,28,29)(H2,23,26,30). The highest BCUT2D eigenvalue weighted by Gasteiger charge is 2.30. The highest BCUT2D eigenvalue weighted by Crippen LogP contribution is 2.30. The molecule has 0 unspecified atom stereocenters. The molecule has 0 bridgehead atoms. The number of aromatic amines is 1. The Hall–Kier alpha value is -3.87. The molecule has 13 heteroatoms. The zero-order chi connectivity index (χ0) is 22.8. The van der Waals surface area contributed by atoms with Crippen molar-refractivity contribution in [2.45, 2.75) is 12.6 Å². The fourth-order valence-electron chi connectivity index (χ4n) is 2.54. The quantitative estimate of drug-likeness (QED) is 0.387. The largest absolute Gasteiger partial charge is 0.477 e. The Labute approximate surface area is 176 Å². The Morgan fingerprint density at radius 2 is 1.77 bits per heavy atom. The summed E-state index contributed by atoms with van der Waals surface area (Å²) in [4.78, 5) is 42.3. The van der Waals surface area contributed by atoms with Crippen LogP contribution in [-0.4, -0.2) is 33.0 Å². The van der Waals surface area contributed by atoms with Gasteiger partial charge in [0.15, 0.2) is 5.82 Å². The Morgan fingerprint density at radius 3 is 2.32 bits per heavy atom. The van der Waals surface area contributed by atoms with Gasteiger partial charge in [0.25, 0.3) is 5.91 Å². The van der Waals surface area contributed by atoms with Gasteiger partial charge in [-0.05, 0) is 36.4 Å². The summed E-state index contributed by atoms with van der Waals surface area (Å²) in [7, 11) is 0. The number of amides is 3. The van der Waals surface area contributed by atoms with Crippen molar-refractivity contribution in [2.24, 2.45) is 5.73 Å². The Balaban J connectivity index is 1.71. The lowest BCUT2D eigenvalue weighted by molar-refractivity contribution is -0.137. The minimum atomic E-state index is -4.50. The van der Waals surface area contributed by atoms with Gasteiger partial charge in [-0.15, -0.1) is 11.3 Å². The summed E-state index contributed by atoms with van der Waals surface area (Å²) in [6.07, 6.45) is -4.35. The number of nitrogens with one attached hydrogen (secondary N) is 3. The van der Waals surface area contributed by atoms with Crippen molar-refractivity contribution >= 4 is 40.7 Å². The average molecular weight is 453 g/mol. The number of hydrogen-bond donors (Lipinski definition) is 5. The highest BCUT2D eigenvalue weighted by molar-refractivity contribution is 7.13. The molecule has 0 spiro atoms. The molecule has 2 aromatic heterocycles. The van der Waals surface area contributed by atoms with Crippen molar-refractivity contribution in [3.05, 3.63) is 63.2 Å². The van der Waals surface area contributed by atoms with Crippen LogP contribution in [0.1, 0.15) is 36.4 Å². The number of carbonyl (C=O) groups is 3. The third kappa shape index (κ3) is 5.39. The zero-order valence-electron chi connectivity index (χ0n) is 15.4. The zero-order valence-corrected chi connectivity index (χ0v) is 16.2. The van der Waals surface area contributed by atoms with Crippen LogP contribution < -0.4 is 16.4 Å². The molecule has 0 aliphatic rings. The van der Waals surface area contributed by atoms with Crippen LogP contribution in [0.4, 0.5) is 29.5 Å². The summed E-state index contributed by atoms with van der Waals surface area (Å²) in [5, 5.41) is 13.6. The topological polar surface area (TPSA) is 150 Å². The lowest BCUT2D eigenvalue weighted by Gasteiger charge is -2.09. The second-order valence-corrected chi connectivity index (χ2v) is 7.34.